The lowest BCUT2D eigenvalue weighted by molar-refractivity contribution is 0.404. The number of aromatic amines is 1. The Balaban J connectivity index is 1.93. The molecule has 0 aliphatic carbocycles. The Morgan fingerprint density at radius 1 is 1.17 bits per heavy atom. The number of nitrogens with zero attached hydrogens (tertiary/aromatic N) is 1. The van der Waals surface area contributed by atoms with Gasteiger partial charge in [-0.3, -0.25) is 4.79 Å². The minimum Gasteiger partial charge on any atom is -0.491 e. The number of aromatic nitrogens is 2. The molecule has 0 saturated carbocycles. The van der Waals surface area contributed by atoms with Crippen molar-refractivity contribution in [3.05, 3.63) is 51.4 Å². The number of hydrogen-bond donors (Lipinski definition) is 2. The SMILES string of the molecule is COc1cc(-c2[nH]c3ccc(C4CCNCC4)cc3c2C(C)C)c(C)n(C)c1=O. The van der Waals surface area contributed by atoms with Crippen LogP contribution in [0.25, 0.3) is 22.2 Å². The fourth-order valence-electron chi connectivity index (χ4n) is 4.65. The summed E-state index contributed by atoms with van der Waals surface area (Å²) in [6, 6.07) is 8.75. The molecule has 1 saturated heterocycles. The third-order valence-electron chi connectivity index (χ3n) is 6.42. The lowest BCUT2D eigenvalue weighted by Crippen LogP contribution is -2.26. The molecule has 4 rings (SSSR count). The minimum absolute atomic E-state index is 0.107. The smallest absolute Gasteiger partial charge is 0.292 e. The Hall–Kier alpha value is -2.53. The summed E-state index contributed by atoms with van der Waals surface area (Å²) in [6.45, 7) is 8.65. The Morgan fingerprint density at radius 3 is 2.55 bits per heavy atom. The van der Waals surface area contributed by atoms with Crippen molar-refractivity contribution in [2.45, 2.75) is 45.4 Å². The molecule has 0 bridgehead atoms. The zero-order valence-electron chi connectivity index (χ0n) is 18.1. The van der Waals surface area contributed by atoms with Gasteiger partial charge in [0.1, 0.15) is 0 Å². The van der Waals surface area contributed by atoms with Gasteiger partial charge in [0, 0.05) is 29.2 Å². The number of hydrogen-bond acceptors (Lipinski definition) is 3. The summed E-state index contributed by atoms with van der Waals surface area (Å²) in [4.78, 5) is 16.1. The number of piperidine rings is 1. The first-order chi connectivity index (χ1) is 13.9. The molecule has 2 N–H and O–H groups in total. The molecule has 0 radical (unpaired) electrons. The topological polar surface area (TPSA) is 59.0 Å². The van der Waals surface area contributed by atoms with Crippen LogP contribution >= 0.6 is 0 Å². The summed E-state index contributed by atoms with van der Waals surface area (Å²) in [7, 11) is 3.35. The van der Waals surface area contributed by atoms with Gasteiger partial charge in [-0.25, -0.2) is 0 Å². The number of rotatable bonds is 4. The van der Waals surface area contributed by atoms with Gasteiger partial charge in [0.25, 0.3) is 5.56 Å². The molecule has 1 fully saturated rings. The first kappa shape index (κ1) is 19.8. The standard InChI is InChI=1S/C24H31N3O2/c1-14(2)22-19-12-17(16-8-10-25-11-9-16)6-7-20(19)26-23(22)18-13-21(29-5)24(28)27(4)15(18)3/h6-7,12-14,16,25-26H,8-11H2,1-5H3. The van der Waals surface area contributed by atoms with Crippen LogP contribution in [0.1, 0.15) is 55.3 Å². The van der Waals surface area contributed by atoms with E-state index in [1.165, 1.54) is 29.4 Å². The second-order valence-electron chi connectivity index (χ2n) is 8.47. The van der Waals surface area contributed by atoms with Gasteiger partial charge in [0.2, 0.25) is 0 Å². The Morgan fingerprint density at radius 2 is 1.90 bits per heavy atom. The van der Waals surface area contributed by atoms with Gasteiger partial charge in [-0.15, -0.1) is 0 Å². The van der Waals surface area contributed by atoms with Gasteiger partial charge < -0.3 is 19.6 Å². The molecule has 3 heterocycles. The van der Waals surface area contributed by atoms with E-state index >= 15 is 0 Å². The Bertz CT molecular complexity index is 1100. The van der Waals surface area contributed by atoms with E-state index in [0.717, 1.165) is 35.6 Å². The molecule has 5 heteroatoms. The van der Waals surface area contributed by atoms with E-state index in [4.69, 9.17) is 4.74 Å². The maximum Gasteiger partial charge on any atom is 0.292 e. The molecule has 0 spiro atoms. The fraction of sp³-hybridized carbons (Fsp3) is 0.458. The molecule has 1 aliphatic heterocycles. The fourth-order valence-corrected chi connectivity index (χ4v) is 4.65. The van der Waals surface area contributed by atoms with Crippen molar-refractivity contribution in [2.75, 3.05) is 20.2 Å². The van der Waals surface area contributed by atoms with Gasteiger partial charge >= 0.3 is 0 Å². The lowest BCUT2D eigenvalue weighted by Gasteiger charge is -2.23. The van der Waals surface area contributed by atoms with Gasteiger partial charge in [-0.2, -0.15) is 0 Å². The molecule has 154 valence electrons. The number of methoxy groups -OCH3 is 1. The van der Waals surface area contributed by atoms with E-state index in [2.05, 4.69) is 42.3 Å². The van der Waals surface area contributed by atoms with Crippen LogP contribution in [0.4, 0.5) is 0 Å². The maximum absolute atomic E-state index is 12.4. The van der Waals surface area contributed by atoms with Crippen molar-refractivity contribution in [3.8, 4) is 17.0 Å². The zero-order chi connectivity index (χ0) is 20.7. The molecule has 1 aromatic carbocycles. The van der Waals surface area contributed by atoms with Crippen LogP contribution in [0.3, 0.4) is 0 Å². The normalized spacial score (nSPS) is 15.4. The number of ether oxygens (including phenoxy) is 1. The second kappa shape index (κ2) is 7.71. The van der Waals surface area contributed by atoms with Gasteiger partial charge in [0.05, 0.1) is 12.8 Å². The second-order valence-corrected chi connectivity index (χ2v) is 8.47. The summed E-state index contributed by atoms with van der Waals surface area (Å²) in [5.74, 6) is 1.35. The largest absolute Gasteiger partial charge is 0.491 e. The van der Waals surface area contributed by atoms with Crippen LogP contribution in [0.2, 0.25) is 0 Å². The summed E-state index contributed by atoms with van der Waals surface area (Å²) in [6.07, 6.45) is 2.38. The van der Waals surface area contributed by atoms with Crippen LogP contribution in [0.15, 0.2) is 29.1 Å². The van der Waals surface area contributed by atoms with E-state index in [-0.39, 0.29) is 5.56 Å². The molecular weight excluding hydrogens is 362 g/mol. The van der Waals surface area contributed by atoms with Crippen molar-refractivity contribution >= 4 is 10.9 Å². The first-order valence-electron chi connectivity index (χ1n) is 10.5. The highest BCUT2D eigenvalue weighted by Gasteiger charge is 2.22. The summed E-state index contributed by atoms with van der Waals surface area (Å²) >= 11 is 0. The molecular formula is C24H31N3O2. The summed E-state index contributed by atoms with van der Waals surface area (Å²) < 4.78 is 7.03. The molecule has 29 heavy (non-hydrogen) atoms. The van der Waals surface area contributed by atoms with E-state index in [1.54, 1.807) is 18.7 Å². The highest BCUT2D eigenvalue weighted by atomic mass is 16.5. The maximum atomic E-state index is 12.4. The molecule has 1 aliphatic rings. The van der Waals surface area contributed by atoms with Crippen molar-refractivity contribution in [1.82, 2.24) is 14.9 Å². The monoisotopic (exact) mass is 393 g/mol. The highest BCUT2D eigenvalue weighted by molar-refractivity contribution is 5.92. The number of benzene rings is 1. The van der Waals surface area contributed by atoms with E-state index in [0.29, 0.717) is 17.6 Å². The minimum atomic E-state index is -0.107. The number of H-pyrrole nitrogens is 1. The van der Waals surface area contributed by atoms with Crippen molar-refractivity contribution in [2.24, 2.45) is 7.05 Å². The molecule has 5 nitrogen and oxygen atoms in total. The predicted octanol–water partition coefficient (Wildman–Crippen LogP) is 4.44. The summed E-state index contributed by atoms with van der Waals surface area (Å²) in [5, 5.41) is 4.75. The van der Waals surface area contributed by atoms with Crippen LogP contribution in [0.5, 0.6) is 5.75 Å². The highest BCUT2D eigenvalue weighted by Crippen LogP contribution is 2.39. The van der Waals surface area contributed by atoms with Crippen molar-refractivity contribution < 1.29 is 4.74 Å². The number of fused-ring (bicyclic) bond motifs is 1. The van der Waals surface area contributed by atoms with E-state index < -0.39 is 0 Å². The average Bonchev–Trinajstić information content (AvgIpc) is 3.11. The van der Waals surface area contributed by atoms with Crippen LogP contribution in [0, 0.1) is 6.92 Å². The quantitative estimate of drug-likeness (QED) is 0.689. The van der Waals surface area contributed by atoms with Crippen LogP contribution < -0.4 is 15.6 Å². The Labute approximate surface area is 172 Å². The zero-order valence-corrected chi connectivity index (χ0v) is 18.1. The number of nitrogens with one attached hydrogen (secondary N) is 2. The van der Waals surface area contributed by atoms with Crippen molar-refractivity contribution in [3.63, 3.8) is 0 Å². The molecule has 0 atom stereocenters. The van der Waals surface area contributed by atoms with Crippen LogP contribution in [-0.2, 0) is 7.05 Å². The van der Waals surface area contributed by atoms with Crippen LogP contribution in [-0.4, -0.2) is 29.8 Å². The van der Waals surface area contributed by atoms with Gasteiger partial charge in [-0.1, -0.05) is 19.9 Å². The third-order valence-corrected chi connectivity index (χ3v) is 6.42. The van der Waals surface area contributed by atoms with E-state index in [9.17, 15) is 4.79 Å². The molecule has 0 amide bonds. The first-order valence-corrected chi connectivity index (χ1v) is 10.5. The number of pyridine rings is 1. The Kier molecular flexibility index (Phi) is 5.26. The van der Waals surface area contributed by atoms with Gasteiger partial charge in [-0.05, 0) is 74.0 Å². The molecule has 2 aromatic heterocycles. The molecule has 0 unspecified atom stereocenters. The predicted molar refractivity (Wildman–Crippen MR) is 119 cm³/mol. The van der Waals surface area contributed by atoms with Crippen molar-refractivity contribution in [1.29, 1.82) is 0 Å². The lowest BCUT2D eigenvalue weighted by atomic mass is 9.88. The molecule has 3 aromatic rings. The van der Waals surface area contributed by atoms with E-state index in [1.807, 2.05) is 13.0 Å². The summed E-state index contributed by atoms with van der Waals surface area (Å²) in [5.41, 5.74) is 6.82. The average molecular weight is 394 g/mol. The van der Waals surface area contributed by atoms with Gasteiger partial charge in [0.15, 0.2) is 5.75 Å². The third kappa shape index (κ3) is 3.38.